The van der Waals surface area contributed by atoms with Crippen LogP contribution in [0.1, 0.15) is 26.2 Å². The average molecular weight is 128 g/mol. The Bertz CT molecular complexity index is 107. The van der Waals surface area contributed by atoms with Crippen LogP contribution in [0.4, 0.5) is 4.39 Å². The van der Waals surface area contributed by atoms with Crippen LogP contribution in [0, 0.1) is 5.92 Å². The minimum absolute atomic E-state index is 0.650. The van der Waals surface area contributed by atoms with E-state index in [0.29, 0.717) is 5.92 Å². The largest absolute Gasteiger partial charge is 0.243 e. The Labute approximate surface area is 55.8 Å². The quantitative estimate of drug-likeness (QED) is 0.476. The molecule has 0 saturated carbocycles. The minimum atomic E-state index is -0.659. The number of hydrogen-bond donors (Lipinski definition) is 0. The highest BCUT2D eigenvalue weighted by Gasteiger charge is 2.12. The number of rotatable bonds is 1. The van der Waals surface area contributed by atoms with E-state index in [4.69, 9.17) is 0 Å². The van der Waals surface area contributed by atoms with Gasteiger partial charge >= 0.3 is 0 Å². The summed E-state index contributed by atoms with van der Waals surface area (Å²) in [6, 6.07) is 0. The summed E-state index contributed by atoms with van der Waals surface area (Å²) in [7, 11) is 0. The lowest BCUT2D eigenvalue weighted by Gasteiger charge is -2.15. The first-order valence-electron chi connectivity index (χ1n) is 3.65. The van der Waals surface area contributed by atoms with E-state index in [1.165, 1.54) is 0 Å². The first-order chi connectivity index (χ1) is 4.33. The highest BCUT2D eigenvalue weighted by atomic mass is 19.1. The van der Waals surface area contributed by atoms with Gasteiger partial charge in [-0.15, -0.1) is 0 Å². The van der Waals surface area contributed by atoms with E-state index in [0.717, 1.165) is 19.3 Å². The van der Waals surface area contributed by atoms with Gasteiger partial charge in [0.05, 0.1) is 0 Å². The van der Waals surface area contributed by atoms with Crippen molar-refractivity contribution in [2.75, 3.05) is 0 Å². The number of alkyl halides is 1. The predicted molar refractivity (Wildman–Crippen MR) is 37.1 cm³/mol. The fourth-order valence-electron chi connectivity index (χ4n) is 1.18. The van der Waals surface area contributed by atoms with Crippen molar-refractivity contribution in [3.05, 3.63) is 12.2 Å². The Morgan fingerprint density at radius 1 is 1.44 bits per heavy atom. The van der Waals surface area contributed by atoms with Gasteiger partial charge in [0.15, 0.2) is 0 Å². The number of halogens is 1. The van der Waals surface area contributed by atoms with Gasteiger partial charge < -0.3 is 0 Å². The van der Waals surface area contributed by atoms with Crippen molar-refractivity contribution in [3.8, 4) is 0 Å². The van der Waals surface area contributed by atoms with Gasteiger partial charge in [0.25, 0.3) is 0 Å². The van der Waals surface area contributed by atoms with Gasteiger partial charge in [-0.2, -0.15) is 0 Å². The molecule has 0 aromatic rings. The molecule has 1 aliphatic carbocycles. The summed E-state index contributed by atoms with van der Waals surface area (Å²) >= 11 is 0. The zero-order chi connectivity index (χ0) is 6.69. The molecule has 0 nitrogen and oxygen atoms in total. The van der Waals surface area contributed by atoms with Crippen LogP contribution >= 0.6 is 0 Å². The molecule has 1 heteroatoms. The van der Waals surface area contributed by atoms with E-state index < -0.39 is 6.17 Å². The molecule has 1 rings (SSSR count). The number of hydrogen-bond acceptors (Lipinski definition) is 0. The maximum atomic E-state index is 12.4. The van der Waals surface area contributed by atoms with Crippen LogP contribution in [-0.4, -0.2) is 6.17 Å². The molecular formula is C8H13F. The molecule has 0 aromatic carbocycles. The van der Waals surface area contributed by atoms with Gasteiger partial charge in [0.2, 0.25) is 0 Å². The van der Waals surface area contributed by atoms with E-state index in [1.807, 2.05) is 6.08 Å². The molecule has 0 aliphatic heterocycles. The molecule has 0 amide bonds. The lowest BCUT2D eigenvalue weighted by Crippen LogP contribution is -2.07. The second-order valence-electron chi connectivity index (χ2n) is 2.65. The van der Waals surface area contributed by atoms with Crippen LogP contribution in [0.5, 0.6) is 0 Å². The molecule has 0 radical (unpaired) electrons. The fraction of sp³-hybridized carbons (Fsp3) is 0.750. The molecule has 0 fully saturated rings. The van der Waals surface area contributed by atoms with Crippen molar-refractivity contribution in [3.63, 3.8) is 0 Å². The van der Waals surface area contributed by atoms with E-state index in [1.54, 1.807) is 6.08 Å². The fourth-order valence-corrected chi connectivity index (χ4v) is 1.18. The summed E-state index contributed by atoms with van der Waals surface area (Å²) in [5.74, 6) is 0.650. The second kappa shape index (κ2) is 3.00. The molecule has 0 N–H and O–H groups in total. The lowest BCUT2D eigenvalue weighted by atomic mass is 9.93. The lowest BCUT2D eigenvalue weighted by molar-refractivity contribution is 0.333. The van der Waals surface area contributed by atoms with Gasteiger partial charge in [0, 0.05) is 0 Å². The van der Waals surface area contributed by atoms with Crippen LogP contribution in [0.2, 0.25) is 0 Å². The molecule has 1 aliphatic rings. The van der Waals surface area contributed by atoms with Gasteiger partial charge in [-0.25, -0.2) is 4.39 Å². The zero-order valence-corrected chi connectivity index (χ0v) is 5.81. The Balaban J connectivity index is 2.38. The van der Waals surface area contributed by atoms with Gasteiger partial charge in [-0.3, -0.25) is 0 Å². The molecule has 0 heterocycles. The first kappa shape index (κ1) is 6.79. The summed E-state index contributed by atoms with van der Waals surface area (Å²) in [4.78, 5) is 0. The van der Waals surface area contributed by atoms with Gasteiger partial charge in [-0.1, -0.05) is 19.1 Å². The second-order valence-corrected chi connectivity index (χ2v) is 2.65. The third-order valence-electron chi connectivity index (χ3n) is 1.93. The molecule has 0 spiro atoms. The van der Waals surface area contributed by atoms with Gasteiger partial charge in [0.1, 0.15) is 6.17 Å². The number of allylic oxidation sites excluding steroid dienone is 2. The molecule has 0 saturated heterocycles. The Morgan fingerprint density at radius 3 is 2.67 bits per heavy atom. The SMILES string of the molecule is CC[C@@H]1C=CC(F)CC1. The summed E-state index contributed by atoms with van der Waals surface area (Å²) in [5, 5.41) is 0. The highest BCUT2D eigenvalue weighted by Crippen LogP contribution is 2.21. The topological polar surface area (TPSA) is 0 Å². The van der Waals surface area contributed by atoms with Gasteiger partial charge in [-0.05, 0) is 25.2 Å². The monoisotopic (exact) mass is 128 g/mol. The van der Waals surface area contributed by atoms with Crippen molar-refractivity contribution in [1.82, 2.24) is 0 Å². The molecule has 9 heavy (non-hydrogen) atoms. The van der Waals surface area contributed by atoms with Crippen molar-refractivity contribution >= 4 is 0 Å². The third-order valence-corrected chi connectivity index (χ3v) is 1.93. The summed E-state index contributed by atoms with van der Waals surface area (Å²) in [6.07, 6.45) is 5.96. The van der Waals surface area contributed by atoms with Crippen molar-refractivity contribution in [2.45, 2.75) is 32.4 Å². The van der Waals surface area contributed by atoms with Crippen molar-refractivity contribution in [2.24, 2.45) is 5.92 Å². The molecule has 52 valence electrons. The van der Waals surface area contributed by atoms with Crippen LogP contribution < -0.4 is 0 Å². The molecule has 2 atom stereocenters. The summed E-state index contributed by atoms with van der Waals surface area (Å²) in [6.45, 7) is 2.15. The smallest absolute Gasteiger partial charge is 0.118 e. The van der Waals surface area contributed by atoms with E-state index in [-0.39, 0.29) is 0 Å². The summed E-state index contributed by atoms with van der Waals surface area (Å²) < 4.78 is 12.4. The van der Waals surface area contributed by atoms with Crippen molar-refractivity contribution in [1.29, 1.82) is 0 Å². The van der Waals surface area contributed by atoms with Crippen LogP contribution in [0.15, 0.2) is 12.2 Å². The van der Waals surface area contributed by atoms with Crippen LogP contribution in [-0.2, 0) is 0 Å². The van der Waals surface area contributed by atoms with E-state index in [9.17, 15) is 4.39 Å². The Kier molecular flexibility index (Phi) is 2.26. The molecule has 0 bridgehead atoms. The van der Waals surface area contributed by atoms with Crippen LogP contribution in [0.3, 0.4) is 0 Å². The first-order valence-corrected chi connectivity index (χ1v) is 3.65. The summed E-state index contributed by atoms with van der Waals surface area (Å²) in [5.41, 5.74) is 0. The van der Waals surface area contributed by atoms with E-state index in [2.05, 4.69) is 6.92 Å². The minimum Gasteiger partial charge on any atom is -0.243 e. The van der Waals surface area contributed by atoms with Crippen molar-refractivity contribution < 1.29 is 4.39 Å². The highest BCUT2D eigenvalue weighted by molar-refractivity contribution is 4.97. The standard InChI is InChI=1S/C8H13F/c1-2-7-3-5-8(9)6-4-7/h3,5,7-8H,2,4,6H2,1H3/t7-,8?/m1/s1. The Morgan fingerprint density at radius 2 is 2.22 bits per heavy atom. The zero-order valence-electron chi connectivity index (χ0n) is 5.81. The molecule has 0 aromatic heterocycles. The third kappa shape index (κ3) is 1.81. The van der Waals surface area contributed by atoms with E-state index >= 15 is 0 Å². The molecular weight excluding hydrogens is 115 g/mol. The Hall–Kier alpha value is -0.330. The maximum Gasteiger partial charge on any atom is 0.118 e. The average Bonchev–Trinajstić information content (AvgIpc) is 1.90. The predicted octanol–water partition coefficient (Wildman–Crippen LogP) is 2.70. The van der Waals surface area contributed by atoms with Crippen LogP contribution in [0.25, 0.3) is 0 Å². The normalized spacial score (nSPS) is 34.9. The maximum absolute atomic E-state index is 12.4. The molecule has 1 unspecified atom stereocenters.